The normalized spacial score (nSPS) is 25.4. The molecule has 3 heteroatoms. The minimum Gasteiger partial charge on any atom is -0.385 e. The van der Waals surface area contributed by atoms with E-state index < -0.39 is 0 Å². The van der Waals surface area contributed by atoms with E-state index in [9.17, 15) is 0 Å². The van der Waals surface area contributed by atoms with Crippen LogP contribution >= 0.6 is 0 Å². The third-order valence-corrected chi connectivity index (χ3v) is 3.59. The predicted octanol–water partition coefficient (Wildman–Crippen LogP) is 2.60. The SMILES string of the molecule is COCCCCC1(CNC(C)C)CCCOC1. The third kappa shape index (κ3) is 5.84. The number of hydrogen-bond donors (Lipinski definition) is 1. The van der Waals surface area contributed by atoms with Gasteiger partial charge in [-0.1, -0.05) is 20.3 Å². The molecule has 1 heterocycles. The summed E-state index contributed by atoms with van der Waals surface area (Å²) in [6.45, 7) is 8.28. The molecule has 102 valence electrons. The van der Waals surface area contributed by atoms with Crippen LogP contribution < -0.4 is 5.32 Å². The first kappa shape index (κ1) is 14.9. The Morgan fingerprint density at radius 1 is 1.35 bits per heavy atom. The van der Waals surface area contributed by atoms with Crippen molar-refractivity contribution in [3.63, 3.8) is 0 Å². The van der Waals surface area contributed by atoms with Crippen LogP contribution in [0, 0.1) is 5.41 Å². The van der Waals surface area contributed by atoms with Gasteiger partial charge in [-0.05, 0) is 25.7 Å². The van der Waals surface area contributed by atoms with Crippen LogP contribution in [0.1, 0.15) is 46.0 Å². The largest absolute Gasteiger partial charge is 0.385 e. The van der Waals surface area contributed by atoms with Gasteiger partial charge in [-0.15, -0.1) is 0 Å². The van der Waals surface area contributed by atoms with Crippen molar-refractivity contribution in [3.8, 4) is 0 Å². The number of ether oxygens (including phenoxy) is 2. The fourth-order valence-corrected chi connectivity index (χ4v) is 2.50. The molecule has 0 amide bonds. The molecule has 1 aliphatic rings. The van der Waals surface area contributed by atoms with E-state index >= 15 is 0 Å². The van der Waals surface area contributed by atoms with E-state index in [0.29, 0.717) is 11.5 Å². The Bertz CT molecular complexity index is 189. The van der Waals surface area contributed by atoms with Crippen LogP contribution in [0.3, 0.4) is 0 Å². The summed E-state index contributed by atoms with van der Waals surface area (Å²) in [6, 6.07) is 0.563. The van der Waals surface area contributed by atoms with Gasteiger partial charge < -0.3 is 14.8 Å². The Balaban J connectivity index is 2.35. The summed E-state index contributed by atoms with van der Waals surface area (Å²) < 4.78 is 10.8. The highest BCUT2D eigenvalue weighted by molar-refractivity contribution is 4.84. The fourth-order valence-electron chi connectivity index (χ4n) is 2.50. The van der Waals surface area contributed by atoms with E-state index in [1.165, 1.54) is 32.1 Å². The maximum atomic E-state index is 5.70. The monoisotopic (exact) mass is 243 g/mol. The molecule has 0 saturated carbocycles. The minimum atomic E-state index is 0.371. The molecule has 0 aliphatic carbocycles. The van der Waals surface area contributed by atoms with E-state index in [4.69, 9.17) is 9.47 Å². The van der Waals surface area contributed by atoms with Crippen LogP contribution in [0.5, 0.6) is 0 Å². The van der Waals surface area contributed by atoms with E-state index in [-0.39, 0.29) is 0 Å². The maximum Gasteiger partial charge on any atom is 0.0534 e. The van der Waals surface area contributed by atoms with Crippen LogP contribution in [0.4, 0.5) is 0 Å². The van der Waals surface area contributed by atoms with Gasteiger partial charge in [0, 0.05) is 38.3 Å². The second-order valence-electron chi connectivity index (χ2n) is 5.64. The van der Waals surface area contributed by atoms with Crippen molar-refractivity contribution >= 4 is 0 Å². The zero-order chi connectivity index (χ0) is 12.6. The van der Waals surface area contributed by atoms with E-state index in [1.807, 2.05) is 0 Å². The first-order valence-corrected chi connectivity index (χ1v) is 6.99. The Morgan fingerprint density at radius 3 is 2.76 bits per heavy atom. The molecule has 1 N–H and O–H groups in total. The van der Waals surface area contributed by atoms with Gasteiger partial charge in [0.2, 0.25) is 0 Å². The van der Waals surface area contributed by atoms with Crippen molar-refractivity contribution in [2.24, 2.45) is 5.41 Å². The first-order valence-electron chi connectivity index (χ1n) is 6.99. The average molecular weight is 243 g/mol. The Morgan fingerprint density at radius 2 is 2.18 bits per heavy atom. The molecule has 1 rings (SSSR count). The van der Waals surface area contributed by atoms with Crippen molar-refractivity contribution in [1.82, 2.24) is 5.32 Å². The molecule has 0 aromatic rings. The topological polar surface area (TPSA) is 30.5 Å². The lowest BCUT2D eigenvalue weighted by Gasteiger charge is -2.38. The quantitative estimate of drug-likeness (QED) is 0.665. The maximum absolute atomic E-state index is 5.70. The Kier molecular flexibility index (Phi) is 7.09. The highest BCUT2D eigenvalue weighted by Gasteiger charge is 2.32. The molecule has 1 unspecified atom stereocenters. The summed E-state index contributed by atoms with van der Waals surface area (Å²) in [5.41, 5.74) is 0.371. The molecular formula is C14H29NO2. The van der Waals surface area contributed by atoms with Crippen LogP contribution in [0.2, 0.25) is 0 Å². The van der Waals surface area contributed by atoms with Crippen molar-refractivity contribution in [2.45, 2.75) is 52.0 Å². The average Bonchev–Trinajstić information content (AvgIpc) is 2.34. The third-order valence-electron chi connectivity index (χ3n) is 3.59. The molecule has 0 spiro atoms. The summed E-state index contributed by atoms with van der Waals surface area (Å²) in [7, 11) is 1.78. The summed E-state index contributed by atoms with van der Waals surface area (Å²) in [4.78, 5) is 0. The number of nitrogens with one attached hydrogen (secondary N) is 1. The van der Waals surface area contributed by atoms with Crippen LogP contribution in [-0.4, -0.2) is 39.5 Å². The zero-order valence-electron chi connectivity index (χ0n) is 11.8. The molecule has 0 aromatic carbocycles. The number of rotatable bonds is 8. The highest BCUT2D eigenvalue weighted by atomic mass is 16.5. The number of methoxy groups -OCH3 is 1. The Hall–Kier alpha value is -0.120. The van der Waals surface area contributed by atoms with Crippen molar-refractivity contribution in [1.29, 1.82) is 0 Å². The fraction of sp³-hybridized carbons (Fsp3) is 1.00. The van der Waals surface area contributed by atoms with Crippen molar-refractivity contribution in [3.05, 3.63) is 0 Å². The van der Waals surface area contributed by atoms with Gasteiger partial charge in [-0.25, -0.2) is 0 Å². The number of hydrogen-bond acceptors (Lipinski definition) is 3. The second kappa shape index (κ2) is 8.06. The van der Waals surface area contributed by atoms with E-state index in [0.717, 1.165) is 26.4 Å². The van der Waals surface area contributed by atoms with Gasteiger partial charge >= 0.3 is 0 Å². The molecule has 0 radical (unpaired) electrons. The lowest BCUT2D eigenvalue weighted by molar-refractivity contribution is -0.0148. The smallest absolute Gasteiger partial charge is 0.0534 e. The molecule has 1 aliphatic heterocycles. The lowest BCUT2D eigenvalue weighted by atomic mass is 9.78. The Labute approximate surface area is 106 Å². The van der Waals surface area contributed by atoms with Crippen LogP contribution in [-0.2, 0) is 9.47 Å². The predicted molar refractivity (Wildman–Crippen MR) is 71.4 cm³/mol. The van der Waals surface area contributed by atoms with E-state index in [2.05, 4.69) is 19.2 Å². The summed E-state index contributed by atoms with van der Waals surface area (Å²) >= 11 is 0. The molecule has 0 bridgehead atoms. The lowest BCUT2D eigenvalue weighted by Crippen LogP contribution is -2.43. The summed E-state index contributed by atoms with van der Waals surface area (Å²) in [5, 5.41) is 3.59. The second-order valence-corrected chi connectivity index (χ2v) is 5.64. The van der Waals surface area contributed by atoms with Crippen LogP contribution in [0.25, 0.3) is 0 Å². The molecular weight excluding hydrogens is 214 g/mol. The van der Waals surface area contributed by atoms with Crippen molar-refractivity contribution < 1.29 is 9.47 Å². The molecule has 1 fully saturated rings. The van der Waals surface area contributed by atoms with Gasteiger partial charge in [0.05, 0.1) is 6.61 Å². The van der Waals surface area contributed by atoms with Gasteiger partial charge in [-0.2, -0.15) is 0 Å². The number of unbranched alkanes of at least 4 members (excludes halogenated alkanes) is 1. The van der Waals surface area contributed by atoms with Crippen LogP contribution in [0.15, 0.2) is 0 Å². The summed E-state index contributed by atoms with van der Waals surface area (Å²) in [5.74, 6) is 0. The molecule has 0 aromatic heterocycles. The van der Waals surface area contributed by atoms with Crippen molar-refractivity contribution in [2.75, 3.05) is 33.5 Å². The zero-order valence-corrected chi connectivity index (χ0v) is 11.8. The first-order chi connectivity index (χ1) is 8.18. The van der Waals surface area contributed by atoms with Gasteiger partial charge in [0.15, 0.2) is 0 Å². The summed E-state index contributed by atoms with van der Waals surface area (Å²) in [6.07, 6.45) is 6.19. The molecule has 17 heavy (non-hydrogen) atoms. The highest BCUT2D eigenvalue weighted by Crippen LogP contribution is 2.33. The van der Waals surface area contributed by atoms with Gasteiger partial charge in [-0.3, -0.25) is 0 Å². The van der Waals surface area contributed by atoms with E-state index in [1.54, 1.807) is 7.11 Å². The molecule has 1 atom stereocenters. The van der Waals surface area contributed by atoms with Gasteiger partial charge in [0.25, 0.3) is 0 Å². The molecule has 3 nitrogen and oxygen atoms in total. The standard InChI is InChI=1S/C14H29NO2/c1-13(2)15-11-14(7-4-5-9-16-3)8-6-10-17-12-14/h13,15H,4-12H2,1-3H3. The minimum absolute atomic E-state index is 0.371. The molecule has 1 saturated heterocycles. The van der Waals surface area contributed by atoms with Gasteiger partial charge in [0.1, 0.15) is 0 Å².